The lowest BCUT2D eigenvalue weighted by Crippen LogP contribution is -2.21. The van der Waals surface area contributed by atoms with E-state index in [2.05, 4.69) is 11.2 Å². The second-order valence-electron chi connectivity index (χ2n) is 12.2. The fraction of sp³-hybridized carbons (Fsp3) is 0.459. The molecular weight excluding hydrogens is 622 g/mol. The van der Waals surface area contributed by atoms with Gasteiger partial charge >= 0.3 is 5.97 Å². The zero-order valence-corrected chi connectivity index (χ0v) is 29.1. The molecule has 256 valence electrons. The fourth-order valence-corrected chi connectivity index (χ4v) is 5.22. The van der Waals surface area contributed by atoms with Crippen LogP contribution in [0.15, 0.2) is 54.6 Å². The number of carbonyl (C=O) groups excluding carboxylic acids is 2. The number of amides is 1. The Balaban J connectivity index is 0.000000913. The Morgan fingerprint density at radius 1 is 1.00 bits per heavy atom. The van der Waals surface area contributed by atoms with Crippen LogP contribution in [0, 0.1) is 0 Å². The summed E-state index contributed by atoms with van der Waals surface area (Å²) in [6.07, 6.45) is 5.57. The highest BCUT2D eigenvalue weighted by atomic mass is 35.5. The van der Waals surface area contributed by atoms with E-state index in [1.54, 1.807) is 42.3 Å². The van der Waals surface area contributed by atoms with E-state index in [9.17, 15) is 14.7 Å². The summed E-state index contributed by atoms with van der Waals surface area (Å²) in [6, 6.07) is 15.9. The smallest absolute Gasteiger partial charge is 0.360 e. The van der Waals surface area contributed by atoms with Crippen LogP contribution < -0.4 is 14.2 Å². The number of ether oxygens (including phenoxy) is 4. The maximum atomic E-state index is 12.1. The van der Waals surface area contributed by atoms with Crippen LogP contribution >= 0.6 is 11.9 Å². The number of para-hydroxylation sites is 1. The minimum atomic E-state index is -0.692. The van der Waals surface area contributed by atoms with Crippen molar-refractivity contribution < 1.29 is 37.9 Å². The summed E-state index contributed by atoms with van der Waals surface area (Å²) in [4.78, 5) is 25.2. The number of hydrogen-bond donors (Lipinski definition) is 1. The van der Waals surface area contributed by atoms with Gasteiger partial charge in [-0.2, -0.15) is 0 Å². The van der Waals surface area contributed by atoms with Crippen molar-refractivity contribution >= 4 is 24.2 Å². The van der Waals surface area contributed by atoms with Gasteiger partial charge in [0.15, 0.2) is 0 Å². The van der Waals surface area contributed by atoms with Crippen LogP contribution in [0.1, 0.15) is 93.4 Å². The fourth-order valence-electron chi connectivity index (χ4n) is 5.14. The highest BCUT2D eigenvalue weighted by Crippen LogP contribution is 2.39. The quantitative estimate of drug-likeness (QED) is 0.134. The van der Waals surface area contributed by atoms with Gasteiger partial charge in [0.1, 0.15) is 46.2 Å². The van der Waals surface area contributed by atoms with E-state index in [1.165, 1.54) is 0 Å². The molecule has 0 aromatic heterocycles. The SMILES string of the molecule is CCCc1c(OCCCOc2cc(O)c(C3CCCN3C=O)cc2CC)cccc1Oc1ccccc1C(=O)OCl.COC(C)(C)C. The highest BCUT2D eigenvalue weighted by molar-refractivity contribution is 6.16. The molecule has 0 bridgehead atoms. The number of halogens is 1. The van der Waals surface area contributed by atoms with E-state index in [0.29, 0.717) is 49.2 Å². The Labute approximate surface area is 283 Å². The molecule has 1 unspecified atom stereocenters. The Bertz CT molecular complexity index is 1450. The normalized spacial score (nSPS) is 14.2. The maximum Gasteiger partial charge on any atom is 0.360 e. The van der Waals surface area contributed by atoms with E-state index in [1.807, 2.05) is 52.0 Å². The van der Waals surface area contributed by atoms with Crippen LogP contribution in [0.4, 0.5) is 0 Å². The van der Waals surface area contributed by atoms with Gasteiger partial charge in [-0.25, -0.2) is 4.79 Å². The first-order valence-electron chi connectivity index (χ1n) is 16.2. The summed E-state index contributed by atoms with van der Waals surface area (Å²) >= 11 is 5.30. The van der Waals surface area contributed by atoms with Crippen molar-refractivity contribution in [3.63, 3.8) is 0 Å². The number of hydrogen-bond acceptors (Lipinski definition) is 8. The van der Waals surface area contributed by atoms with Crippen molar-refractivity contribution in [3.05, 3.63) is 76.9 Å². The largest absolute Gasteiger partial charge is 0.507 e. The molecule has 10 heteroatoms. The number of benzene rings is 3. The molecule has 1 aliphatic rings. The van der Waals surface area contributed by atoms with Crippen LogP contribution in [0.3, 0.4) is 0 Å². The predicted molar refractivity (Wildman–Crippen MR) is 183 cm³/mol. The molecule has 1 atom stereocenters. The monoisotopic (exact) mass is 669 g/mol. The summed E-state index contributed by atoms with van der Waals surface area (Å²) in [6.45, 7) is 11.7. The molecule has 1 N–H and O–H groups in total. The van der Waals surface area contributed by atoms with Crippen LogP contribution in [0.25, 0.3) is 0 Å². The van der Waals surface area contributed by atoms with Crippen molar-refractivity contribution in [1.82, 2.24) is 4.90 Å². The third kappa shape index (κ3) is 10.8. The molecule has 9 nitrogen and oxygen atoms in total. The number of phenols is 1. The first-order valence-corrected chi connectivity index (χ1v) is 16.5. The van der Waals surface area contributed by atoms with Gasteiger partial charge in [-0.1, -0.05) is 38.5 Å². The highest BCUT2D eigenvalue weighted by Gasteiger charge is 2.28. The molecular formula is C37H48ClNO8. The Kier molecular flexibility index (Phi) is 14.7. The summed E-state index contributed by atoms with van der Waals surface area (Å²) in [5, 5.41) is 10.7. The summed E-state index contributed by atoms with van der Waals surface area (Å²) in [5.41, 5.74) is 2.93. The maximum absolute atomic E-state index is 12.1. The number of likely N-dealkylation sites (tertiary alicyclic amines) is 1. The number of aromatic hydroxyl groups is 1. The van der Waals surface area contributed by atoms with E-state index in [0.717, 1.165) is 55.2 Å². The second kappa shape index (κ2) is 18.4. The van der Waals surface area contributed by atoms with Gasteiger partial charge in [-0.15, -0.1) is 0 Å². The van der Waals surface area contributed by atoms with E-state index in [4.69, 9.17) is 30.8 Å². The van der Waals surface area contributed by atoms with Gasteiger partial charge in [0.2, 0.25) is 6.41 Å². The van der Waals surface area contributed by atoms with E-state index >= 15 is 0 Å². The minimum Gasteiger partial charge on any atom is -0.507 e. The lowest BCUT2D eigenvalue weighted by Gasteiger charge is -2.23. The average molecular weight is 670 g/mol. The molecule has 1 amide bonds. The molecule has 0 spiro atoms. The molecule has 0 radical (unpaired) electrons. The van der Waals surface area contributed by atoms with Crippen molar-refractivity contribution in [1.29, 1.82) is 0 Å². The Morgan fingerprint density at radius 3 is 2.30 bits per heavy atom. The molecule has 3 aromatic rings. The molecule has 1 saturated heterocycles. The topological polar surface area (TPSA) is 104 Å². The molecule has 0 saturated carbocycles. The number of phenolic OH excluding ortho intramolecular Hbond substituents is 1. The van der Waals surface area contributed by atoms with Gasteiger partial charge in [0.05, 0.1) is 24.9 Å². The van der Waals surface area contributed by atoms with Gasteiger partial charge in [0, 0.05) is 37.3 Å². The zero-order valence-electron chi connectivity index (χ0n) is 28.3. The van der Waals surface area contributed by atoms with E-state index < -0.39 is 5.97 Å². The standard InChI is InChI=1S/C32H36ClNO7.C5H12O/c1-3-10-23-28(14-7-15-29(23)40-30-13-6-5-11-24(30)32(37)41-33)38-17-9-18-39-31-20-27(36)25(19-22(31)4-2)26-12-8-16-34(26)21-35;1-5(2,3)6-4/h5-7,11,13-15,19-21,26,36H,3-4,8-10,12,16-18H2,1-2H3;1-4H3. The van der Waals surface area contributed by atoms with Gasteiger partial charge < -0.3 is 33.2 Å². The predicted octanol–water partition coefficient (Wildman–Crippen LogP) is 8.58. The molecule has 1 aliphatic heterocycles. The summed E-state index contributed by atoms with van der Waals surface area (Å²) in [5.74, 6) is 1.73. The van der Waals surface area contributed by atoms with Crippen molar-refractivity contribution in [2.24, 2.45) is 0 Å². The van der Waals surface area contributed by atoms with Crippen LogP contribution in [-0.2, 0) is 26.7 Å². The lowest BCUT2D eigenvalue weighted by atomic mass is 9.99. The van der Waals surface area contributed by atoms with Crippen molar-refractivity contribution in [3.8, 4) is 28.7 Å². The molecule has 3 aromatic carbocycles. The minimum absolute atomic E-state index is 0.0417. The Morgan fingerprint density at radius 2 is 1.66 bits per heavy atom. The number of methoxy groups -OCH3 is 1. The third-order valence-corrected chi connectivity index (χ3v) is 7.92. The molecule has 4 rings (SSSR count). The number of nitrogens with zero attached hydrogens (tertiary/aromatic N) is 1. The van der Waals surface area contributed by atoms with Crippen molar-refractivity contribution in [2.75, 3.05) is 26.9 Å². The van der Waals surface area contributed by atoms with Crippen molar-refractivity contribution in [2.45, 2.75) is 84.8 Å². The van der Waals surface area contributed by atoms with Gasteiger partial charge in [-0.05, 0) is 82.3 Å². The number of rotatable bonds is 14. The number of carbonyl (C=O) groups is 2. The molecule has 0 aliphatic carbocycles. The van der Waals surface area contributed by atoms with Gasteiger partial charge in [0.25, 0.3) is 0 Å². The zero-order chi connectivity index (χ0) is 34.4. The molecule has 47 heavy (non-hydrogen) atoms. The Hall–Kier alpha value is -3.95. The van der Waals surface area contributed by atoms with E-state index in [-0.39, 0.29) is 23.0 Å². The van der Waals surface area contributed by atoms with Crippen LogP contribution in [0.5, 0.6) is 28.7 Å². The third-order valence-electron chi connectivity index (χ3n) is 7.78. The second-order valence-corrected chi connectivity index (χ2v) is 12.3. The van der Waals surface area contributed by atoms with Crippen LogP contribution in [0.2, 0.25) is 0 Å². The lowest BCUT2D eigenvalue weighted by molar-refractivity contribution is -0.118. The molecule has 1 fully saturated rings. The summed E-state index contributed by atoms with van der Waals surface area (Å²) < 4.78 is 27.6. The van der Waals surface area contributed by atoms with Crippen LogP contribution in [-0.4, -0.2) is 54.9 Å². The molecule has 1 heterocycles. The first kappa shape index (κ1) is 37.5. The number of aryl methyl sites for hydroxylation is 1. The summed E-state index contributed by atoms with van der Waals surface area (Å²) in [7, 11) is 1.71. The average Bonchev–Trinajstić information content (AvgIpc) is 3.54. The first-order chi connectivity index (χ1) is 22.6. The van der Waals surface area contributed by atoms with Gasteiger partial charge in [-0.3, -0.25) is 4.79 Å².